The number of hydrogen-bond donors (Lipinski definition) is 0. The van der Waals surface area contributed by atoms with Gasteiger partial charge in [0.1, 0.15) is 12.4 Å². The van der Waals surface area contributed by atoms with Crippen molar-refractivity contribution in [2.45, 2.75) is 18.9 Å². The monoisotopic (exact) mass is 278 g/mol. The van der Waals surface area contributed by atoms with Crippen molar-refractivity contribution in [2.75, 3.05) is 20.7 Å². The van der Waals surface area contributed by atoms with Gasteiger partial charge in [-0.25, -0.2) is 0 Å². The van der Waals surface area contributed by atoms with Crippen LogP contribution in [0.1, 0.15) is 13.3 Å². The molecule has 0 radical (unpaired) electrons. The van der Waals surface area contributed by atoms with Gasteiger partial charge in [-0.2, -0.15) is 0 Å². The van der Waals surface area contributed by atoms with Crippen LogP contribution in [0.25, 0.3) is 0 Å². The Kier molecular flexibility index (Phi) is 6.24. The maximum absolute atomic E-state index is 5.76. The number of halogens is 2. The van der Waals surface area contributed by atoms with Gasteiger partial charge in [-0.3, -0.25) is 4.98 Å². The summed E-state index contributed by atoms with van der Waals surface area (Å²) >= 11 is 0. The molecule has 0 aliphatic heterocycles. The molecule has 1 aromatic heterocycles. The first-order valence-corrected chi connectivity index (χ1v) is 5.35. The number of rotatable bonds is 4. The van der Waals surface area contributed by atoms with Gasteiger partial charge < -0.3 is 9.64 Å². The number of ether oxygens (including phenoxy) is 1. The lowest BCUT2D eigenvalue weighted by atomic mass is 10.2. The van der Waals surface area contributed by atoms with Gasteiger partial charge in [-0.05, 0) is 38.6 Å². The molecule has 1 aliphatic rings. The number of pyridine rings is 1. The summed E-state index contributed by atoms with van der Waals surface area (Å²) in [5, 5.41) is 0. The number of likely N-dealkylation sites (N-methyl/N-ethyl adjacent to an activating group) is 1. The number of hydrogen-bond acceptors (Lipinski definition) is 3. The van der Waals surface area contributed by atoms with Crippen LogP contribution in [0.2, 0.25) is 0 Å². The minimum Gasteiger partial charge on any atom is -0.490 e. The van der Waals surface area contributed by atoms with Gasteiger partial charge in [0.15, 0.2) is 0 Å². The Morgan fingerprint density at radius 2 is 2.12 bits per heavy atom. The molecule has 1 aliphatic carbocycles. The second kappa shape index (κ2) is 6.43. The second-order valence-electron chi connectivity index (χ2n) is 4.58. The van der Waals surface area contributed by atoms with Gasteiger partial charge in [0.25, 0.3) is 0 Å². The maximum Gasteiger partial charge on any atom is 0.137 e. The van der Waals surface area contributed by atoms with Crippen molar-refractivity contribution in [1.29, 1.82) is 0 Å². The molecule has 5 heteroatoms. The van der Waals surface area contributed by atoms with Crippen molar-refractivity contribution >= 4 is 24.8 Å². The van der Waals surface area contributed by atoms with E-state index in [1.165, 1.54) is 6.42 Å². The van der Waals surface area contributed by atoms with Crippen LogP contribution in [0.3, 0.4) is 0 Å². The summed E-state index contributed by atoms with van der Waals surface area (Å²) in [5.41, 5.74) is 0.246. The lowest BCUT2D eigenvalue weighted by Gasteiger charge is -2.25. The third-order valence-electron chi connectivity index (χ3n) is 3.43. The summed E-state index contributed by atoms with van der Waals surface area (Å²) in [6, 6.07) is 3.84. The molecule has 0 saturated heterocycles. The Morgan fingerprint density at radius 1 is 1.47 bits per heavy atom. The summed E-state index contributed by atoms with van der Waals surface area (Å²) in [6.45, 7) is 3.03. The van der Waals surface area contributed by atoms with Gasteiger partial charge in [0.05, 0.1) is 11.7 Å². The van der Waals surface area contributed by atoms with Gasteiger partial charge in [-0.15, -0.1) is 24.8 Å². The first kappa shape index (κ1) is 16.5. The molecule has 0 aromatic carbocycles. The van der Waals surface area contributed by atoms with Gasteiger partial charge >= 0.3 is 0 Å². The highest BCUT2D eigenvalue weighted by molar-refractivity contribution is 5.85. The Labute approximate surface area is 115 Å². The minimum absolute atomic E-state index is 0. The van der Waals surface area contributed by atoms with Crippen molar-refractivity contribution in [3.05, 3.63) is 24.5 Å². The van der Waals surface area contributed by atoms with Crippen molar-refractivity contribution in [3.63, 3.8) is 0 Å². The van der Waals surface area contributed by atoms with E-state index in [0.29, 0.717) is 0 Å². The Morgan fingerprint density at radius 3 is 2.53 bits per heavy atom. The highest BCUT2D eigenvalue weighted by atomic mass is 35.5. The average molecular weight is 279 g/mol. The zero-order chi connectivity index (χ0) is 10.9. The molecule has 0 N–H and O–H groups in total. The van der Waals surface area contributed by atoms with Crippen LogP contribution < -0.4 is 4.74 Å². The normalized spacial score (nSPS) is 25.8. The van der Waals surface area contributed by atoms with Crippen LogP contribution in [0.5, 0.6) is 5.75 Å². The van der Waals surface area contributed by atoms with Crippen LogP contribution in [0, 0.1) is 5.92 Å². The van der Waals surface area contributed by atoms with Crippen molar-refractivity contribution in [3.8, 4) is 5.75 Å². The lowest BCUT2D eigenvalue weighted by molar-refractivity contribution is 0.155. The molecule has 1 aromatic rings. The van der Waals surface area contributed by atoms with E-state index in [4.69, 9.17) is 4.74 Å². The van der Waals surface area contributed by atoms with E-state index in [0.717, 1.165) is 18.3 Å². The molecule has 1 heterocycles. The molecule has 3 nitrogen and oxygen atoms in total. The Balaban J connectivity index is 0.00000128. The third-order valence-corrected chi connectivity index (χ3v) is 3.43. The fraction of sp³-hybridized carbons (Fsp3) is 0.583. The van der Waals surface area contributed by atoms with Crippen LogP contribution in [0.4, 0.5) is 0 Å². The fourth-order valence-electron chi connectivity index (χ4n) is 2.07. The van der Waals surface area contributed by atoms with E-state index in [1.807, 2.05) is 12.1 Å². The molecule has 1 fully saturated rings. The first-order valence-electron chi connectivity index (χ1n) is 5.35. The molecule has 0 bridgehead atoms. The molecule has 98 valence electrons. The Hall–Kier alpha value is -0.510. The SMILES string of the molecule is C[C@@H]1C[C@@]1(COc1cccnc1)N(C)C.Cl.Cl. The fourth-order valence-corrected chi connectivity index (χ4v) is 2.07. The molecule has 2 rings (SSSR count). The smallest absolute Gasteiger partial charge is 0.137 e. The summed E-state index contributed by atoms with van der Waals surface area (Å²) in [6.07, 6.45) is 4.74. The van der Waals surface area contributed by atoms with E-state index in [1.54, 1.807) is 12.4 Å². The predicted octanol–water partition coefficient (Wildman–Crippen LogP) is 2.64. The van der Waals surface area contributed by atoms with Crippen LogP contribution in [-0.4, -0.2) is 36.1 Å². The molecule has 17 heavy (non-hydrogen) atoms. The molecule has 0 spiro atoms. The molecule has 1 saturated carbocycles. The van der Waals surface area contributed by atoms with Gasteiger partial charge in [0, 0.05) is 6.20 Å². The average Bonchev–Trinajstić information content (AvgIpc) is 2.90. The maximum atomic E-state index is 5.76. The van der Waals surface area contributed by atoms with Crippen LogP contribution in [-0.2, 0) is 0 Å². The topological polar surface area (TPSA) is 25.4 Å². The van der Waals surface area contributed by atoms with Crippen molar-refractivity contribution in [2.24, 2.45) is 5.92 Å². The van der Waals surface area contributed by atoms with Crippen molar-refractivity contribution in [1.82, 2.24) is 9.88 Å². The zero-order valence-electron chi connectivity index (χ0n) is 10.4. The number of nitrogens with zero attached hydrogens (tertiary/aromatic N) is 2. The molecule has 2 atom stereocenters. The molecule has 0 unspecified atom stereocenters. The van der Waals surface area contributed by atoms with Crippen LogP contribution in [0.15, 0.2) is 24.5 Å². The number of aromatic nitrogens is 1. The molecular weight excluding hydrogens is 259 g/mol. The summed E-state index contributed by atoms with van der Waals surface area (Å²) in [7, 11) is 4.24. The van der Waals surface area contributed by atoms with E-state index in [-0.39, 0.29) is 30.4 Å². The highest BCUT2D eigenvalue weighted by Crippen LogP contribution is 2.47. The largest absolute Gasteiger partial charge is 0.490 e. The standard InChI is InChI=1S/C12H18N2O.2ClH/c1-10-7-12(10,14(2)3)9-15-11-5-4-6-13-8-11;;/h4-6,8,10H,7,9H2,1-3H3;2*1H/t10-,12+;;/m1../s1. The van der Waals surface area contributed by atoms with Gasteiger partial charge in [-0.1, -0.05) is 6.92 Å². The summed E-state index contributed by atoms with van der Waals surface area (Å²) < 4.78 is 5.76. The Bertz CT molecular complexity index is 335. The summed E-state index contributed by atoms with van der Waals surface area (Å²) in [5.74, 6) is 1.59. The third kappa shape index (κ3) is 3.47. The first-order chi connectivity index (χ1) is 7.15. The predicted molar refractivity (Wildman–Crippen MR) is 74.4 cm³/mol. The van der Waals surface area contributed by atoms with Gasteiger partial charge in [0.2, 0.25) is 0 Å². The molecular formula is C12H20Cl2N2O. The quantitative estimate of drug-likeness (QED) is 0.847. The minimum atomic E-state index is 0. The van der Waals surface area contributed by atoms with E-state index in [9.17, 15) is 0 Å². The molecule has 0 amide bonds. The second-order valence-corrected chi connectivity index (χ2v) is 4.58. The van der Waals surface area contributed by atoms with E-state index in [2.05, 4.69) is 30.9 Å². The van der Waals surface area contributed by atoms with Crippen molar-refractivity contribution < 1.29 is 4.74 Å². The highest BCUT2D eigenvalue weighted by Gasteiger charge is 2.53. The zero-order valence-corrected chi connectivity index (χ0v) is 12.1. The van der Waals surface area contributed by atoms with E-state index < -0.39 is 0 Å². The van der Waals surface area contributed by atoms with E-state index >= 15 is 0 Å². The lowest BCUT2D eigenvalue weighted by Crippen LogP contribution is -2.37. The van der Waals surface area contributed by atoms with Crippen LogP contribution >= 0.6 is 24.8 Å². The summed E-state index contributed by atoms with van der Waals surface area (Å²) in [4.78, 5) is 6.30.